The number of ether oxygens (including phenoxy) is 1. The van der Waals surface area contributed by atoms with E-state index in [1.807, 2.05) is 5.38 Å². The van der Waals surface area contributed by atoms with Crippen molar-refractivity contribution < 1.29 is 14.3 Å². The maximum Gasteiger partial charge on any atom is 0.319 e. The van der Waals surface area contributed by atoms with Gasteiger partial charge in [-0.05, 0) is 55.0 Å². The van der Waals surface area contributed by atoms with E-state index in [1.165, 1.54) is 5.56 Å². The molecule has 1 unspecified atom stereocenters. The Bertz CT molecular complexity index is 438. The predicted octanol–water partition coefficient (Wildman–Crippen LogP) is 3.37. The number of thiophene rings is 1. The first kappa shape index (κ1) is 14.3. The van der Waals surface area contributed by atoms with Gasteiger partial charge in [0.05, 0.1) is 6.61 Å². The Labute approximate surface area is 118 Å². The molecule has 0 radical (unpaired) electrons. The molecule has 1 aliphatic carbocycles. The molecule has 0 N–H and O–H groups in total. The molecule has 0 bridgehead atoms. The van der Waals surface area contributed by atoms with Gasteiger partial charge in [-0.3, -0.25) is 9.59 Å². The van der Waals surface area contributed by atoms with E-state index in [0.29, 0.717) is 25.9 Å². The fraction of sp³-hybridized carbons (Fsp3) is 0.600. The van der Waals surface area contributed by atoms with Gasteiger partial charge in [0, 0.05) is 6.42 Å². The zero-order valence-electron chi connectivity index (χ0n) is 11.3. The minimum atomic E-state index is -0.879. The van der Waals surface area contributed by atoms with E-state index in [1.54, 1.807) is 18.3 Å². The predicted molar refractivity (Wildman–Crippen MR) is 75.2 cm³/mol. The van der Waals surface area contributed by atoms with Crippen LogP contribution in [-0.2, 0) is 20.7 Å². The fourth-order valence-electron chi connectivity index (χ4n) is 2.74. The number of ketones is 1. The summed E-state index contributed by atoms with van der Waals surface area (Å²) < 4.78 is 5.17. The first-order valence-corrected chi connectivity index (χ1v) is 7.85. The minimum Gasteiger partial charge on any atom is -0.465 e. The van der Waals surface area contributed by atoms with Crippen molar-refractivity contribution in [3.05, 3.63) is 22.4 Å². The summed E-state index contributed by atoms with van der Waals surface area (Å²) in [6.07, 6.45) is 4.36. The van der Waals surface area contributed by atoms with Gasteiger partial charge in [0.25, 0.3) is 0 Å². The molecule has 1 fully saturated rings. The summed E-state index contributed by atoms with van der Waals surface area (Å²) in [5, 5.41) is 4.10. The van der Waals surface area contributed by atoms with Crippen LogP contribution in [0.4, 0.5) is 0 Å². The molecule has 1 atom stereocenters. The van der Waals surface area contributed by atoms with Crippen molar-refractivity contribution in [2.75, 3.05) is 6.61 Å². The molecule has 1 aromatic rings. The molecule has 1 heterocycles. The number of aryl methyl sites for hydroxylation is 1. The molecule has 1 aliphatic rings. The summed E-state index contributed by atoms with van der Waals surface area (Å²) in [4.78, 5) is 24.5. The lowest BCUT2D eigenvalue weighted by Gasteiger charge is -2.33. The standard InChI is InChI=1S/C15H20O3S/c1-2-18-14(17)15(8-4-3-5-13(15)16)9-6-12-7-10-19-11-12/h7,10-11H,2-6,8-9H2,1H3. The normalized spacial score (nSPS) is 23.3. The molecule has 0 spiro atoms. The lowest BCUT2D eigenvalue weighted by molar-refractivity contribution is -0.162. The van der Waals surface area contributed by atoms with E-state index in [0.717, 1.165) is 19.3 Å². The summed E-state index contributed by atoms with van der Waals surface area (Å²) >= 11 is 1.64. The van der Waals surface area contributed by atoms with Crippen LogP contribution in [0.3, 0.4) is 0 Å². The number of carbonyl (C=O) groups is 2. The maximum atomic E-state index is 12.3. The van der Waals surface area contributed by atoms with Gasteiger partial charge >= 0.3 is 5.97 Å². The number of rotatable bonds is 5. The third kappa shape index (κ3) is 3.06. The minimum absolute atomic E-state index is 0.0763. The number of esters is 1. The summed E-state index contributed by atoms with van der Waals surface area (Å²) in [6.45, 7) is 2.13. The highest BCUT2D eigenvalue weighted by molar-refractivity contribution is 7.07. The highest BCUT2D eigenvalue weighted by atomic mass is 32.1. The Morgan fingerprint density at radius 3 is 2.95 bits per heavy atom. The number of carbonyl (C=O) groups excluding carboxylic acids is 2. The van der Waals surface area contributed by atoms with E-state index in [9.17, 15) is 9.59 Å². The van der Waals surface area contributed by atoms with E-state index < -0.39 is 5.41 Å². The van der Waals surface area contributed by atoms with Crippen LogP contribution in [0.25, 0.3) is 0 Å². The quantitative estimate of drug-likeness (QED) is 0.613. The fourth-order valence-corrected chi connectivity index (χ4v) is 3.44. The zero-order valence-corrected chi connectivity index (χ0v) is 12.1. The smallest absolute Gasteiger partial charge is 0.319 e. The molecule has 1 aromatic heterocycles. The zero-order chi connectivity index (χ0) is 13.7. The van der Waals surface area contributed by atoms with Crippen LogP contribution in [0, 0.1) is 5.41 Å². The van der Waals surface area contributed by atoms with Gasteiger partial charge in [-0.2, -0.15) is 11.3 Å². The maximum absolute atomic E-state index is 12.3. The molecule has 0 aliphatic heterocycles. The molecule has 104 valence electrons. The molecule has 4 heteroatoms. The van der Waals surface area contributed by atoms with Gasteiger partial charge in [-0.15, -0.1) is 0 Å². The van der Waals surface area contributed by atoms with Crippen molar-refractivity contribution in [2.24, 2.45) is 5.41 Å². The van der Waals surface area contributed by atoms with Crippen molar-refractivity contribution >= 4 is 23.1 Å². The molecule has 0 saturated heterocycles. The molecule has 1 saturated carbocycles. The molecule has 0 amide bonds. The van der Waals surface area contributed by atoms with Gasteiger partial charge in [-0.25, -0.2) is 0 Å². The Morgan fingerprint density at radius 2 is 2.32 bits per heavy atom. The Kier molecular flexibility index (Phi) is 4.75. The first-order chi connectivity index (χ1) is 9.19. The second-order valence-electron chi connectivity index (χ2n) is 5.06. The largest absolute Gasteiger partial charge is 0.465 e. The molecular weight excluding hydrogens is 260 g/mol. The van der Waals surface area contributed by atoms with Gasteiger partial charge in [0.15, 0.2) is 0 Å². The Hall–Kier alpha value is -1.16. The lowest BCUT2D eigenvalue weighted by atomic mass is 9.69. The van der Waals surface area contributed by atoms with Gasteiger partial charge in [0.1, 0.15) is 11.2 Å². The second kappa shape index (κ2) is 6.33. The summed E-state index contributed by atoms with van der Waals surface area (Å²) in [7, 11) is 0. The van der Waals surface area contributed by atoms with Crippen molar-refractivity contribution in [1.82, 2.24) is 0 Å². The summed E-state index contributed by atoms with van der Waals surface area (Å²) in [5.41, 5.74) is 0.322. The third-order valence-electron chi connectivity index (χ3n) is 3.88. The highest BCUT2D eigenvalue weighted by Crippen LogP contribution is 2.39. The van der Waals surface area contributed by atoms with Gasteiger partial charge in [0.2, 0.25) is 0 Å². The van der Waals surface area contributed by atoms with Crippen LogP contribution in [-0.4, -0.2) is 18.4 Å². The number of hydrogen-bond acceptors (Lipinski definition) is 4. The highest BCUT2D eigenvalue weighted by Gasteiger charge is 2.47. The van der Waals surface area contributed by atoms with Crippen LogP contribution in [0.15, 0.2) is 16.8 Å². The number of hydrogen-bond donors (Lipinski definition) is 0. The van der Waals surface area contributed by atoms with Crippen LogP contribution in [0.5, 0.6) is 0 Å². The Morgan fingerprint density at radius 1 is 1.47 bits per heavy atom. The second-order valence-corrected chi connectivity index (χ2v) is 5.84. The molecule has 3 nitrogen and oxygen atoms in total. The average molecular weight is 280 g/mol. The number of Topliss-reactive ketones (excluding diaryl/α,β-unsaturated/α-hetero) is 1. The summed E-state index contributed by atoms with van der Waals surface area (Å²) in [5.74, 6) is -0.234. The summed E-state index contributed by atoms with van der Waals surface area (Å²) in [6, 6.07) is 2.05. The van der Waals surface area contributed by atoms with Gasteiger partial charge in [-0.1, -0.05) is 6.42 Å². The van der Waals surface area contributed by atoms with E-state index in [2.05, 4.69) is 11.4 Å². The van der Waals surface area contributed by atoms with E-state index in [4.69, 9.17) is 4.74 Å². The van der Waals surface area contributed by atoms with Crippen LogP contribution in [0.2, 0.25) is 0 Å². The Balaban J connectivity index is 2.13. The van der Waals surface area contributed by atoms with Crippen molar-refractivity contribution in [3.63, 3.8) is 0 Å². The molecule has 0 aromatic carbocycles. The molecule has 19 heavy (non-hydrogen) atoms. The van der Waals surface area contributed by atoms with Crippen molar-refractivity contribution in [3.8, 4) is 0 Å². The van der Waals surface area contributed by atoms with Crippen molar-refractivity contribution in [2.45, 2.75) is 45.4 Å². The van der Waals surface area contributed by atoms with Crippen LogP contribution in [0.1, 0.15) is 44.6 Å². The SMILES string of the molecule is CCOC(=O)C1(CCc2ccsc2)CCCCC1=O. The lowest BCUT2D eigenvalue weighted by Crippen LogP contribution is -2.43. The van der Waals surface area contributed by atoms with E-state index >= 15 is 0 Å². The van der Waals surface area contributed by atoms with E-state index in [-0.39, 0.29) is 11.8 Å². The molecule has 2 rings (SSSR count). The average Bonchev–Trinajstić information content (AvgIpc) is 2.91. The van der Waals surface area contributed by atoms with Gasteiger partial charge < -0.3 is 4.74 Å². The van der Waals surface area contributed by atoms with Crippen LogP contribution >= 0.6 is 11.3 Å². The third-order valence-corrected chi connectivity index (χ3v) is 4.61. The van der Waals surface area contributed by atoms with Crippen molar-refractivity contribution in [1.29, 1.82) is 0 Å². The topological polar surface area (TPSA) is 43.4 Å². The monoisotopic (exact) mass is 280 g/mol. The van der Waals surface area contributed by atoms with Crippen LogP contribution < -0.4 is 0 Å². The molecular formula is C15H20O3S. The first-order valence-electron chi connectivity index (χ1n) is 6.90.